The lowest BCUT2D eigenvalue weighted by Gasteiger charge is -2.25. The fourth-order valence-corrected chi connectivity index (χ4v) is 1.75. The number of aliphatic carboxylic acids is 1. The van der Waals surface area contributed by atoms with Gasteiger partial charge in [-0.3, -0.25) is 4.79 Å². The molecule has 9 heteroatoms. The van der Waals surface area contributed by atoms with E-state index in [1.54, 1.807) is 12.1 Å². The van der Waals surface area contributed by atoms with Crippen molar-refractivity contribution in [2.24, 2.45) is 5.73 Å². The summed E-state index contributed by atoms with van der Waals surface area (Å²) in [5.74, 6) is -2.43. The number of aliphatic hydroxyl groups excluding tert-OH is 4. The minimum atomic E-state index is -2.23. The molecule has 0 saturated heterocycles. The van der Waals surface area contributed by atoms with Crippen molar-refractivity contribution >= 4 is 17.6 Å². The van der Waals surface area contributed by atoms with Gasteiger partial charge in [0.05, 0.1) is 11.7 Å². The first kappa shape index (κ1) is 17.9. The van der Waals surface area contributed by atoms with Gasteiger partial charge in [0.1, 0.15) is 12.2 Å². The highest BCUT2D eigenvalue weighted by Crippen LogP contribution is 2.15. The Morgan fingerprint density at radius 2 is 1.68 bits per heavy atom. The van der Waals surface area contributed by atoms with E-state index in [9.17, 15) is 24.9 Å². The number of carboxylic acids is 1. The van der Waals surface area contributed by atoms with E-state index in [2.05, 4.69) is 5.32 Å². The van der Waals surface area contributed by atoms with Gasteiger partial charge in [0.2, 0.25) is 0 Å². The van der Waals surface area contributed by atoms with Gasteiger partial charge in [0.15, 0.2) is 6.10 Å². The van der Waals surface area contributed by atoms with Crippen molar-refractivity contribution < 1.29 is 35.1 Å². The molecule has 8 N–H and O–H groups in total. The summed E-state index contributed by atoms with van der Waals surface area (Å²) >= 11 is 0. The average Bonchev–Trinajstić information content (AvgIpc) is 2.50. The van der Waals surface area contributed by atoms with Crippen LogP contribution in [-0.2, 0) is 4.79 Å². The van der Waals surface area contributed by atoms with Crippen molar-refractivity contribution in [3.63, 3.8) is 0 Å². The summed E-state index contributed by atoms with van der Waals surface area (Å²) in [5, 5.41) is 49.0. The van der Waals surface area contributed by atoms with E-state index in [1.807, 2.05) is 0 Å². The molecule has 4 atom stereocenters. The number of primary amides is 1. The van der Waals surface area contributed by atoms with Crippen LogP contribution >= 0.6 is 0 Å². The van der Waals surface area contributed by atoms with Crippen LogP contribution in [0.5, 0.6) is 0 Å². The highest BCUT2D eigenvalue weighted by atomic mass is 16.4. The summed E-state index contributed by atoms with van der Waals surface area (Å²) in [7, 11) is 0. The van der Waals surface area contributed by atoms with E-state index in [1.165, 1.54) is 12.1 Å². The zero-order valence-corrected chi connectivity index (χ0v) is 11.5. The van der Waals surface area contributed by atoms with E-state index in [4.69, 9.17) is 15.9 Å². The van der Waals surface area contributed by atoms with Crippen LogP contribution in [0.2, 0.25) is 0 Å². The predicted octanol–water partition coefficient (Wildman–Crippen LogP) is -2.27. The second kappa shape index (κ2) is 7.71. The van der Waals surface area contributed by atoms with Gasteiger partial charge < -0.3 is 36.6 Å². The molecule has 1 aromatic rings. The molecular formula is C13H18N2O7. The number of rotatable bonds is 8. The zero-order valence-electron chi connectivity index (χ0n) is 11.5. The first-order valence-corrected chi connectivity index (χ1v) is 6.33. The Balaban J connectivity index is 2.68. The number of nitrogens with two attached hydrogens (primary N) is 1. The van der Waals surface area contributed by atoms with Crippen LogP contribution in [-0.4, -0.2) is 68.4 Å². The molecule has 1 aromatic carbocycles. The van der Waals surface area contributed by atoms with Crippen LogP contribution in [0.4, 0.5) is 5.69 Å². The Morgan fingerprint density at radius 1 is 1.09 bits per heavy atom. The van der Waals surface area contributed by atoms with Gasteiger partial charge in [-0.2, -0.15) is 0 Å². The van der Waals surface area contributed by atoms with E-state index in [0.29, 0.717) is 5.69 Å². The number of hydrogen-bond donors (Lipinski definition) is 7. The number of amides is 1. The summed E-state index contributed by atoms with van der Waals surface area (Å²) in [6, 6.07) is 6.17. The number of para-hydroxylation sites is 1. The van der Waals surface area contributed by atoms with Crippen molar-refractivity contribution in [3.05, 3.63) is 29.8 Å². The number of carboxylic acid groups (broad SMARTS) is 1. The van der Waals surface area contributed by atoms with E-state index in [-0.39, 0.29) is 12.1 Å². The highest BCUT2D eigenvalue weighted by molar-refractivity contribution is 5.98. The second-order valence-corrected chi connectivity index (χ2v) is 4.62. The van der Waals surface area contributed by atoms with E-state index < -0.39 is 36.3 Å². The van der Waals surface area contributed by atoms with Crippen LogP contribution < -0.4 is 11.1 Å². The van der Waals surface area contributed by atoms with Crippen molar-refractivity contribution in [3.8, 4) is 0 Å². The number of aliphatic hydroxyl groups is 4. The van der Waals surface area contributed by atoms with E-state index >= 15 is 0 Å². The number of benzene rings is 1. The third kappa shape index (κ3) is 4.40. The lowest BCUT2D eigenvalue weighted by atomic mass is 10.0. The topological polar surface area (TPSA) is 173 Å². The van der Waals surface area contributed by atoms with E-state index in [0.717, 1.165) is 0 Å². The van der Waals surface area contributed by atoms with Gasteiger partial charge in [-0.25, -0.2) is 4.79 Å². The fourth-order valence-electron chi connectivity index (χ4n) is 1.75. The molecule has 9 nitrogen and oxygen atoms in total. The van der Waals surface area contributed by atoms with Gasteiger partial charge in [-0.1, -0.05) is 12.1 Å². The lowest BCUT2D eigenvalue weighted by molar-refractivity contribution is -0.162. The molecule has 0 bridgehead atoms. The molecule has 122 valence electrons. The minimum Gasteiger partial charge on any atom is -0.479 e. The Bertz CT molecular complexity index is 537. The summed E-state index contributed by atoms with van der Waals surface area (Å²) in [6.45, 7) is -0.311. The highest BCUT2D eigenvalue weighted by Gasteiger charge is 2.34. The molecule has 0 aliphatic heterocycles. The predicted molar refractivity (Wildman–Crippen MR) is 75.1 cm³/mol. The standard InChI is InChI=1S/C13H18N2O7/c14-12(20)6-3-1-2-4-7(6)15-5-8(16)9(17)10(18)11(19)13(21)22/h1-4,8-11,15-19H,5H2,(H2,14,20)(H,21,22)/t8-,9+,10+,11-/m0/s1. The number of carbonyl (C=O) groups is 2. The van der Waals surface area contributed by atoms with Gasteiger partial charge in [-0.15, -0.1) is 0 Å². The molecule has 0 heterocycles. The van der Waals surface area contributed by atoms with Crippen LogP contribution in [0.3, 0.4) is 0 Å². The van der Waals surface area contributed by atoms with Crippen molar-refractivity contribution in [2.75, 3.05) is 11.9 Å². The zero-order chi connectivity index (χ0) is 16.9. The van der Waals surface area contributed by atoms with Crippen LogP contribution in [0.15, 0.2) is 24.3 Å². The van der Waals surface area contributed by atoms with Crippen molar-refractivity contribution in [1.29, 1.82) is 0 Å². The number of nitrogens with one attached hydrogen (secondary N) is 1. The molecule has 1 rings (SSSR count). The minimum absolute atomic E-state index is 0.162. The lowest BCUT2D eigenvalue weighted by Crippen LogP contribution is -2.49. The maximum absolute atomic E-state index is 11.2. The Kier molecular flexibility index (Phi) is 6.25. The number of anilines is 1. The van der Waals surface area contributed by atoms with Crippen molar-refractivity contribution in [1.82, 2.24) is 0 Å². The molecule has 0 fully saturated rings. The second-order valence-electron chi connectivity index (χ2n) is 4.62. The normalized spacial score (nSPS) is 16.4. The summed E-state index contributed by atoms with van der Waals surface area (Å²) in [4.78, 5) is 21.7. The van der Waals surface area contributed by atoms with Gasteiger partial charge in [-0.05, 0) is 12.1 Å². The maximum atomic E-state index is 11.2. The molecule has 0 radical (unpaired) electrons. The maximum Gasteiger partial charge on any atom is 0.335 e. The summed E-state index contributed by atoms with van der Waals surface area (Å²) < 4.78 is 0. The van der Waals surface area contributed by atoms with Crippen molar-refractivity contribution in [2.45, 2.75) is 24.4 Å². The largest absolute Gasteiger partial charge is 0.479 e. The molecule has 22 heavy (non-hydrogen) atoms. The first-order chi connectivity index (χ1) is 10.3. The summed E-state index contributed by atoms with van der Waals surface area (Å²) in [5.41, 5.74) is 5.64. The third-order valence-electron chi connectivity index (χ3n) is 3.01. The van der Waals surface area contributed by atoms with Crippen LogP contribution in [0.25, 0.3) is 0 Å². The Hall–Kier alpha value is -2.20. The van der Waals surface area contributed by atoms with Gasteiger partial charge in [0, 0.05) is 12.2 Å². The summed E-state index contributed by atoms with van der Waals surface area (Å²) in [6.07, 6.45) is -7.80. The van der Waals surface area contributed by atoms with Gasteiger partial charge >= 0.3 is 5.97 Å². The van der Waals surface area contributed by atoms with Gasteiger partial charge in [0.25, 0.3) is 5.91 Å². The smallest absolute Gasteiger partial charge is 0.335 e. The van der Waals surface area contributed by atoms with Crippen LogP contribution in [0.1, 0.15) is 10.4 Å². The number of hydrogen-bond acceptors (Lipinski definition) is 7. The molecule has 0 aromatic heterocycles. The quantitative estimate of drug-likeness (QED) is 0.281. The molecule has 0 saturated carbocycles. The molecule has 0 aliphatic rings. The third-order valence-corrected chi connectivity index (χ3v) is 3.01. The molecule has 0 spiro atoms. The fraction of sp³-hybridized carbons (Fsp3) is 0.385. The molecule has 0 aliphatic carbocycles. The molecule has 0 unspecified atom stereocenters. The average molecular weight is 314 g/mol. The monoisotopic (exact) mass is 314 g/mol. The first-order valence-electron chi connectivity index (χ1n) is 6.33. The van der Waals surface area contributed by atoms with Crippen LogP contribution in [0, 0.1) is 0 Å². The Morgan fingerprint density at radius 3 is 2.23 bits per heavy atom. The molecular weight excluding hydrogens is 296 g/mol. The number of carbonyl (C=O) groups excluding carboxylic acids is 1. The SMILES string of the molecule is NC(=O)c1ccccc1NC[C@H](O)[C@@H](O)[C@@H](O)[C@H](O)C(=O)O. The Labute approximate surface area is 125 Å². The molecule has 1 amide bonds.